The van der Waals surface area contributed by atoms with E-state index in [9.17, 15) is 28.8 Å². The van der Waals surface area contributed by atoms with Crippen LogP contribution < -0.4 is 18.9 Å². The minimum Gasteiger partial charge on any atom is -0.497 e. The molecule has 510 valence electrons. The maximum Gasteiger partial charge on any atom is 0.338 e. The average molecular weight is 1300 g/mol. The maximum atomic E-state index is 12.5. The van der Waals surface area contributed by atoms with Gasteiger partial charge in [0.1, 0.15) is 59.6 Å². The van der Waals surface area contributed by atoms with Crippen molar-refractivity contribution >= 4 is 35.8 Å². The van der Waals surface area contributed by atoms with E-state index in [0.29, 0.717) is 135 Å². The highest BCUT2D eigenvalue weighted by atomic mass is 16.6. The Morgan fingerprint density at radius 3 is 0.670 bits per heavy atom. The van der Waals surface area contributed by atoms with Crippen molar-refractivity contribution < 1.29 is 80.4 Å². The van der Waals surface area contributed by atoms with Gasteiger partial charge in [-0.2, -0.15) is 0 Å². The number of benzene rings is 6. The van der Waals surface area contributed by atoms with Gasteiger partial charge in [0.15, 0.2) is 0 Å². The highest BCUT2D eigenvalue weighted by Gasteiger charge is 2.30. The molecule has 0 radical (unpaired) electrons. The Labute approximate surface area is 560 Å². The molecule has 0 unspecified atom stereocenters. The van der Waals surface area contributed by atoms with E-state index in [1.165, 1.54) is 11.1 Å². The molecule has 3 saturated carbocycles. The zero-order valence-electron chi connectivity index (χ0n) is 55.8. The summed E-state index contributed by atoms with van der Waals surface area (Å²) in [6.45, 7) is 9.92. The van der Waals surface area contributed by atoms with Crippen LogP contribution in [0, 0.1) is 0 Å². The summed E-state index contributed by atoms with van der Waals surface area (Å²) in [6.07, 6.45) is 18.2. The van der Waals surface area contributed by atoms with Gasteiger partial charge >= 0.3 is 35.8 Å². The summed E-state index contributed by atoms with van der Waals surface area (Å²) in [4.78, 5) is 74.4. The van der Waals surface area contributed by atoms with Crippen molar-refractivity contribution in [3.63, 3.8) is 0 Å². The lowest BCUT2D eigenvalue weighted by Crippen LogP contribution is -2.29. The molecule has 0 amide bonds. The molecular weight excluding hydrogens is 1190 g/mol. The zero-order chi connectivity index (χ0) is 66.9. The van der Waals surface area contributed by atoms with Crippen LogP contribution in [-0.4, -0.2) is 99.9 Å². The second-order valence-electron chi connectivity index (χ2n) is 24.1. The molecule has 6 aromatic rings. The van der Waals surface area contributed by atoms with Gasteiger partial charge in [-0.05, 0) is 248 Å². The van der Waals surface area contributed by atoms with Crippen LogP contribution in [0.1, 0.15) is 234 Å². The van der Waals surface area contributed by atoms with Gasteiger partial charge in [-0.3, -0.25) is 0 Å². The van der Waals surface area contributed by atoms with E-state index in [-0.39, 0.29) is 76.7 Å². The second-order valence-corrected chi connectivity index (χ2v) is 24.1. The van der Waals surface area contributed by atoms with E-state index < -0.39 is 0 Å². The van der Waals surface area contributed by atoms with E-state index in [1.807, 2.05) is 48.5 Å². The molecule has 6 aromatic carbocycles. The Bertz CT molecular complexity index is 3010. The fourth-order valence-corrected chi connectivity index (χ4v) is 11.0. The SMILES string of the molecule is CCCCOc1ccc(C(=O)OC2CCC(OC(=O)c3ccc(OCCCC)cc3)CC2)cc1.CCCCc1ccc(C(=O)OC2CCC(OC(=O)c3ccc(CCCC)cc3)CC2)cc1.COc1ccc(C(=O)OC2CCC(OC(=O)c3ccc(OC)cc3)CC2)cc1.[HH].[HH].[HH]. The highest BCUT2D eigenvalue weighted by Crippen LogP contribution is 2.30. The largest absolute Gasteiger partial charge is 0.497 e. The fraction of sp³-hybridized carbons (Fsp3) is 0.462. The standard InChI is InChI=1S/C28H36O6.C28H36O4.C22H24O6.3H2/c1-3-5-19-31-23-11-7-21(8-12-23)27(29)33-25-15-17-26(18-16-25)34-28(30)22-9-13-24(14-10-22)32-20-6-4-2;1-3-5-7-21-9-13-23(14-10-21)27(29)31-25-17-19-26(20-18-25)32-28(30)24-15-11-22(12-16-24)8-6-4-2;1-25-17-7-3-15(4-8-17)21(23)27-19-11-13-20(14-12-19)28-22(24)16-5-9-18(26-2)10-6-16;;;/h7-14,25-26H,3-6,15-20H2,1-2H3;9-16,25-26H,3-8,17-20H2,1-2H3;3-10,19-20H,11-14H2,1-2H3;3*1H. The monoisotopic (exact) mass is 1290 g/mol. The normalized spacial score (nSPS) is 18.1. The van der Waals surface area contributed by atoms with Gasteiger partial charge in [0, 0.05) is 4.28 Å². The van der Waals surface area contributed by atoms with Crippen molar-refractivity contribution in [1.82, 2.24) is 0 Å². The number of aryl methyl sites for hydroxylation is 2. The van der Waals surface area contributed by atoms with E-state index >= 15 is 0 Å². The Kier molecular flexibility index (Phi) is 30.8. The molecule has 3 fully saturated rings. The molecular formula is C78H102O16. The van der Waals surface area contributed by atoms with Crippen LogP contribution in [0.5, 0.6) is 23.0 Å². The maximum absolute atomic E-state index is 12.5. The van der Waals surface area contributed by atoms with Gasteiger partial charge in [-0.25, -0.2) is 28.8 Å². The van der Waals surface area contributed by atoms with Crippen molar-refractivity contribution in [1.29, 1.82) is 0 Å². The minimum absolute atomic E-state index is 0. The Balaban J connectivity index is 0.000000306. The molecule has 0 aliphatic heterocycles. The van der Waals surface area contributed by atoms with Crippen LogP contribution in [0.25, 0.3) is 0 Å². The summed E-state index contributed by atoms with van der Waals surface area (Å²) >= 11 is 0. The average Bonchev–Trinajstić information content (AvgIpc) is 1.19. The number of hydrogen-bond acceptors (Lipinski definition) is 16. The predicted octanol–water partition coefficient (Wildman–Crippen LogP) is 17.8. The number of methoxy groups -OCH3 is 2. The predicted molar refractivity (Wildman–Crippen MR) is 367 cm³/mol. The van der Waals surface area contributed by atoms with Crippen molar-refractivity contribution in [2.24, 2.45) is 0 Å². The third-order valence-electron chi connectivity index (χ3n) is 16.9. The molecule has 3 aliphatic carbocycles. The zero-order valence-corrected chi connectivity index (χ0v) is 55.8. The molecule has 0 bridgehead atoms. The molecule has 0 aromatic heterocycles. The lowest BCUT2D eigenvalue weighted by Gasteiger charge is -2.28. The molecule has 3 aliphatic rings. The van der Waals surface area contributed by atoms with Crippen molar-refractivity contribution in [3.8, 4) is 23.0 Å². The number of carbonyl (C=O) groups is 6. The van der Waals surface area contributed by atoms with E-state index in [4.69, 9.17) is 47.4 Å². The summed E-state index contributed by atoms with van der Waals surface area (Å²) in [5.41, 5.74) is 5.71. The van der Waals surface area contributed by atoms with Crippen LogP contribution in [-0.2, 0) is 41.3 Å². The van der Waals surface area contributed by atoms with Crippen LogP contribution >= 0.6 is 0 Å². The summed E-state index contributed by atoms with van der Waals surface area (Å²) in [6, 6.07) is 43.2. The van der Waals surface area contributed by atoms with E-state index in [2.05, 4.69) is 27.7 Å². The van der Waals surface area contributed by atoms with Gasteiger partial charge < -0.3 is 47.4 Å². The Morgan fingerprint density at radius 2 is 0.479 bits per heavy atom. The highest BCUT2D eigenvalue weighted by molar-refractivity contribution is 5.92. The topological polar surface area (TPSA) is 195 Å². The Hall–Kier alpha value is -8.66. The summed E-state index contributed by atoms with van der Waals surface area (Å²) in [7, 11) is 3.15. The molecule has 16 heteroatoms. The van der Waals surface area contributed by atoms with Gasteiger partial charge in [0.05, 0.1) is 60.8 Å². The third-order valence-corrected chi connectivity index (χ3v) is 16.9. The lowest BCUT2D eigenvalue weighted by atomic mass is 9.94. The number of hydrogen-bond donors (Lipinski definition) is 0. The molecule has 94 heavy (non-hydrogen) atoms. The molecule has 16 nitrogen and oxygen atoms in total. The number of ether oxygens (including phenoxy) is 10. The smallest absolute Gasteiger partial charge is 0.338 e. The van der Waals surface area contributed by atoms with Crippen LogP contribution in [0.15, 0.2) is 146 Å². The number of rotatable bonds is 28. The summed E-state index contributed by atoms with van der Waals surface area (Å²) in [5.74, 6) is 1.00. The molecule has 9 rings (SSSR count). The van der Waals surface area contributed by atoms with Gasteiger partial charge in [0.25, 0.3) is 0 Å². The van der Waals surface area contributed by atoms with E-state index in [0.717, 1.165) is 75.7 Å². The van der Waals surface area contributed by atoms with Crippen LogP contribution in [0.4, 0.5) is 0 Å². The first-order chi connectivity index (χ1) is 45.8. The van der Waals surface area contributed by atoms with Crippen LogP contribution in [0.2, 0.25) is 0 Å². The van der Waals surface area contributed by atoms with E-state index in [1.54, 1.807) is 111 Å². The number of carbonyl (C=O) groups excluding carboxylic acids is 6. The van der Waals surface area contributed by atoms with Gasteiger partial charge in [-0.1, -0.05) is 77.6 Å². The summed E-state index contributed by atoms with van der Waals surface area (Å²) < 4.78 is 55.3. The first-order valence-electron chi connectivity index (χ1n) is 33.9. The Morgan fingerprint density at radius 1 is 0.287 bits per heavy atom. The van der Waals surface area contributed by atoms with Crippen LogP contribution in [0.3, 0.4) is 0 Å². The first kappa shape index (κ1) is 72.8. The third kappa shape index (κ3) is 24.7. The summed E-state index contributed by atoms with van der Waals surface area (Å²) in [5, 5.41) is 0. The quantitative estimate of drug-likeness (QED) is 0.0255. The second kappa shape index (κ2) is 39.8. The van der Waals surface area contributed by atoms with Gasteiger partial charge in [0.2, 0.25) is 0 Å². The molecule has 0 atom stereocenters. The van der Waals surface area contributed by atoms with Crippen molar-refractivity contribution in [2.45, 2.75) is 206 Å². The molecule has 0 spiro atoms. The fourth-order valence-electron chi connectivity index (χ4n) is 11.0. The van der Waals surface area contributed by atoms with Crippen molar-refractivity contribution in [3.05, 3.63) is 190 Å². The number of unbranched alkanes of at least 4 members (excludes halogenated alkanes) is 4. The molecule has 0 saturated heterocycles. The lowest BCUT2D eigenvalue weighted by molar-refractivity contribution is -0.0108. The minimum atomic E-state index is -0.346. The molecule has 0 heterocycles. The van der Waals surface area contributed by atoms with Crippen molar-refractivity contribution in [2.75, 3.05) is 27.4 Å². The number of esters is 6. The van der Waals surface area contributed by atoms with Gasteiger partial charge in [-0.15, -0.1) is 0 Å². The molecule has 0 N–H and O–H groups in total. The first-order valence-corrected chi connectivity index (χ1v) is 33.9.